The fourth-order valence-electron chi connectivity index (χ4n) is 2.51. The molecule has 3 N–H and O–H groups in total. The second-order valence-electron chi connectivity index (χ2n) is 5.79. The molecule has 3 aromatic rings. The van der Waals surface area contributed by atoms with Gasteiger partial charge in [-0.15, -0.1) is 0 Å². The van der Waals surface area contributed by atoms with Crippen LogP contribution >= 0.6 is 31.9 Å². The topological polar surface area (TPSA) is 91.2 Å². The summed E-state index contributed by atoms with van der Waals surface area (Å²) in [7, 11) is 0. The molecule has 0 saturated heterocycles. The minimum Gasteiger partial charge on any atom is -0.507 e. The number of halogens is 3. The molecular formula is C20H13Br2FN2O4. The maximum absolute atomic E-state index is 13.2. The highest BCUT2D eigenvalue weighted by atomic mass is 79.9. The molecule has 0 aliphatic carbocycles. The zero-order valence-electron chi connectivity index (χ0n) is 14.6. The van der Waals surface area contributed by atoms with Crippen LogP contribution in [0.2, 0.25) is 0 Å². The van der Waals surface area contributed by atoms with E-state index in [-0.39, 0.29) is 11.6 Å². The van der Waals surface area contributed by atoms with Crippen molar-refractivity contribution in [3.63, 3.8) is 0 Å². The van der Waals surface area contributed by atoms with Gasteiger partial charge in [-0.3, -0.25) is 4.79 Å². The Labute approximate surface area is 181 Å². The summed E-state index contributed by atoms with van der Waals surface area (Å²) in [6.45, 7) is 0. The van der Waals surface area contributed by atoms with Crippen LogP contribution in [0.1, 0.15) is 0 Å². The highest BCUT2D eigenvalue weighted by Crippen LogP contribution is 2.41. The summed E-state index contributed by atoms with van der Waals surface area (Å²) < 4.78 is 20.2. The molecule has 29 heavy (non-hydrogen) atoms. The molecule has 6 nitrogen and oxygen atoms in total. The van der Waals surface area contributed by atoms with Crippen molar-refractivity contribution in [1.82, 2.24) is 0 Å². The summed E-state index contributed by atoms with van der Waals surface area (Å²) in [5.41, 5.74) is 1.57. The molecule has 0 aromatic heterocycles. The van der Waals surface area contributed by atoms with Crippen LogP contribution < -0.4 is 10.1 Å². The molecular weight excluding hydrogens is 511 g/mol. The van der Waals surface area contributed by atoms with Gasteiger partial charge in [-0.2, -0.15) is 0 Å². The number of nitrogens with one attached hydrogen (secondary N) is 1. The number of hydrogen-bond acceptors (Lipinski definition) is 5. The number of ether oxygens (including phenoxy) is 1. The van der Waals surface area contributed by atoms with Gasteiger partial charge in [0, 0.05) is 11.3 Å². The van der Waals surface area contributed by atoms with Gasteiger partial charge >= 0.3 is 0 Å². The first-order valence-corrected chi connectivity index (χ1v) is 9.70. The molecule has 1 amide bonds. The summed E-state index contributed by atoms with van der Waals surface area (Å²) in [6.07, 6.45) is 0.736. The van der Waals surface area contributed by atoms with E-state index in [0.29, 0.717) is 37.3 Å². The first-order valence-electron chi connectivity index (χ1n) is 8.11. The van der Waals surface area contributed by atoms with E-state index in [1.165, 1.54) is 18.2 Å². The number of nitrogens with zero attached hydrogens (tertiary/aromatic N) is 1. The second-order valence-corrected chi connectivity index (χ2v) is 7.50. The summed E-state index contributed by atoms with van der Waals surface area (Å²) >= 11 is 6.78. The van der Waals surface area contributed by atoms with Gasteiger partial charge in [-0.25, -0.2) is 4.39 Å². The van der Waals surface area contributed by atoms with E-state index in [9.17, 15) is 14.3 Å². The lowest BCUT2D eigenvalue weighted by Crippen LogP contribution is -2.12. The number of benzene rings is 3. The van der Waals surface area contributed by atoms with Crippen LogP contribution in [0, 0.1) is 5.82 Å². The SMILES string of the molecule is O=C(/C=N/O)Nc1cc(Br)c(Oc2ccc(O)c(-c3ccc(F)cc3)c2)c(Br)c1. The van der Waals surface area contributed by atoms with Crippen LogP contribution in [0.3, 0.4) is 0 Å². The maximum Gasteiger partial charge on any atom is 0.270 e. The van der Waals surface area contributed by atoms with E-state index in [0.717, 1.165) is 6.21 Å². The van der Waals surface area contributed by atoms with Crippen molar-refractivity contribution in [1.29, 1.82) is 0 Å². The normalized spacial score (nSPS) is 10.9. The fourth-order valence-corrected chi connectivity index (χ4v) is 3.86. The number of hydrogen-bond donors (Lipinski definition) is 3. The van der Waals surface area contributed by atoms with Gasteiger partial charge in [0.05, 0.1) is 8.95 Å². The van der Waals surface area contributed by atoms with Crippen molar-refractivity contribution in [2.75, 3.05) is 5.32 Å². The first-order chi connectivity index (χ1) is 13.9. The van der Waals surface area contributed by atoms with Crippen LogP contribution in [0.5, 0.6) is 17.2 Å². The Morgan fingerprint density at radius 1 is 1.07 bits per heavy atom. The maximum atomic E-state index is 13.2. The number of oxime groups is 1. The molecule has 0 heterocycles. The Morgan fingerprint density at radius 2 is 1.72 bits per heavy atom. The Bertz CT molecular complexity index is 1070. The Morgan fingerprint density at radius 3 is 2.34 bits per heavy atom. The monoisotopic (exact) mass is 522 g/mol. The van der Waals surface area contributed by atoms with E-state index in [4.69, 9.17) is 9.94 Å². The molecule has 0 fully saturated rings. The van der Waals surface area contributed by atoms with Gasteiger partial charge in [0.25, 0.3) is 5.91 Å². The predicted molar refractivity (Wildman–Crippen MR) is 114 cm³/mol. The number of carbonyl (C=O) groups excluding carboxylic acids is 1. The van der Waals surface area contributed by atoms with Gasteiger partial charge in [0.15, 0.2) is 5.75 Å². The molecule has 0 bridgehead atoms. The van der Waals surface area contributed by atoms with Crippen LogP contribution in [0.15, 0.2) is 68.7 Å². The highest BCUT2D eigenvalue weighted by Gasteiger charge is 2.13. The molecule has 0 aliphatic heterocycles. The molecule has 0 aliphatic rings. The lowest BCUT2D eigenvalue weighted by Gasteiger charge is -2.14. The Hall–Kier alpha value is -2.91. The summed E-state index contributed by atoms with van der Waals surface area (Å²) in [6, 6.07) is 13.7. The van der Waals surface area contributed by atoms with Gasteiger partial charge < -0.3 is 20.4 Å². The number of aromatic hydroxyl groups is 1. The molecule has 0 unspecified atom stereocenters. The summed E-state index contributed by atoms with van der Waals surface area (Å²) in [5.74, 6) is -0.0543. The van der Waals surface area contributed by atoms with Crippen LogP contribution in [-0.4, -0.2) is 22.4 Å². The molecule has 9 heteroatoms. The van der Waals surface area contributed by atoms with E-state index in [1.807, 2.05) is 0 Å². The Balaban J connectivity index is 1.89. The molecule has 3 rings (SSSR count). The highest BCUT2D eigenvalue weighted by molar-refractivity contribution is 9.11. The second kappa shape index (κ2) is 9.06. The summed E-state index contributed by atoms with van der Waals surface area (Å²) in [4.78, 5) is 11.5. The van der Waals surface area contributed by atoms with E-state index >= 15 is 0 Å². The van der Waals surface area contributed by atoms with Crippen molar-refractivity contribution in [3.8, 4) is 28.4 Å². The average molecular weight is 524 g/mol. The number of amides is 1. The van der Waals surface area contributed by atoms with Gasteiger partial charge in [-0.1, -0.05) is 17.3 Å². The molecule has 0 saturated carbocycles. The standard InChI is InChI=1S/C20H13Br2FN2O4/c21-16-7-13(25-19(27)10-24-28)8-17(22)20(16)29-14-5-6-18(26)15(9-14)11-1-3-12(23)4-2-11/h1-10,26,28H,(H,25,27)/b24-10+. The fraction of sp³-hybridized carbons (Fsp3) is 0. The molecule has 0 atom stereocenters. The van der Waals surface area contributed by atoms with E-state index in [1.54, 1.807) is 36.4 Å². The number of carbonyl (C=O) groups is 1. The third kappa shape index (κ3) is 5.12. The number of anilines is 1. The smallest absolute Gasteiger partial charge is 0.270 e. The zero-order valence-corrected chi connectivity index (χ0v) is 17.7. The van der Waals surface area contributed by atoms with Gasteiger partial charge in [0.1, 0.15) is 23.5 Å². The number of rotatable bonds is 5. The molecule has 0 spiro atoms. The third-order valence-corrected chi connectivity index (χ3v) is 4.96. The van der Waals surface area contributed by atoms with E-state index < -0.39 is 5.91 Å². The molecule has 3 aromatic carbocycles. The van der Waals surface area contributed by atoms with Crippen molar-refractivity contribution in [2.45, 2.75) is 0 Å². The molecule has 0 radical (unpaired) electrons. The molecule has 148 valence electrons. The van der Waals surface area contributed by atoms with Gasteiger partial charge in [-0.05, 0) is 79.9 Å². The largest absolute Gasteiger partial charge is 0.507 e. The van der Waals surface area contributed by atoms with Crippen LogP contribution in [-0.2, 0) is 4.79 Å². The average Bonchev–Trinajstić information content (AvgIpc) is 2.67. The van der Waals surface area contributed by atoms with Crippen LogP contribution in [0.25, 0.3) is 11.1 Å². The first kappa shape index (κ1) is 20.8. The van der Waals surface area contributed by atoms with Crippen molar-refractivity contribution < 1.29 is 24.2 Å². The van der Waals surface area contributed by atoms with E-state index in [2.05, 4.69) is 42.3 Å². The lowest BCUT2D eigenvalue weighted by molar-refractivity contribution is -0.110. The Kier molecular flexibility index (Phi) is 6.50. The van der Waals surface area contributed by atoms with Crippen molar-refractivity contribution in [3.05, 3.63) is 69.4 Å². The minimum absolute atomic E-state index is 0.0331. The predicted octanol–water partition coefficient (Wildman–Crippen LogP) is 5.91. The van der Waals surface area contributed by atoms with Crippen molar-refractivity contribution in [2.24, 2.45) is 5.16 Å². The minimum atomic E-state index is -0.595. The quantitative estimate of drug-likeness (QED) is 0.220. The van der Waals surface area contributed by atoms with Crippen molar-refractivity contribution >= 4 is 49.7 Å². The number of phenolic OH excluding ortho intramolecular Hbond substituents is 1. The number of phenols is 1. The third-order valence-electron chi connectivity index (χ3n) is 3.78. The summed E-state index contributed by atoms with van der Waals surface area (Å²) in [5, 5.41) is 23.8. The van der Waals surface area contributed by atoms with Crippen LogP contribution in [0.4, 0.5) is 10.1 Å². The zero-order chi connectivity index (χ0) is 21.0. The van der Waals surface area contributed by atoms with Gasteiger partial charge in [0.2, 0.25) is 0 Å². The lowest BCUT2D eigenvalue weighted by atomic mass is 10.0.